The van der Waals surface area contributed by atoms with Crippen molar-refractivity contribution in [1.29, 1.82) is 0 Å². The zero-order valence-electron chi connectivity index (χ0n) is 18.1. The van der Waals surface area contributed by atoms with Gasteiger partial charge >= 0.3 is 5.69 Å². The fourth-order valence-electron chi connectivity index (χ4n) is 4.15. The summed E-state index contributed by atoms with van der Waals surface area (Å²) in [6.45, 7) is 0.962. The Morgan fingerprint density at radius 1 is 1.09 bits per heavy atom. The number of benzene rings is 2. The molecule has 2 aliphatic rings. The molecule has 180 valence electrons. The molecule has 2 fully saturated rings. The van der Waals surface area contributed by atoms with Crippen LogP contribution in [0, 0.1) is 21.8 Å². The summed E-state index contributed by atoms with van der Waals surface area (Å²) < 4.78 is 40.6. The molecule has 1 unspecified atom stereocenters. The van der Waals surface area contributed by atoms with Crippen LogP contribution >= 0.6 is 0 Å². The Morgan fingerprint density at radius 2 is 1.76 bits per heavy atom. The van der Waals surface area contributed by atoms with Gasteiger partial charge in [-0.15, -0.1) is 0 Å². The van der Waals surface area contributed by atoms with Crippen molar-refractivity contribution in [3.8, 4) is 0 Å². The van der Waals surface area contributed by atoms with E-state index in [1.54, 1.807) is 0 Å². The first-order valence-electron chi connectivity index (χ1n) is 10.8. The van der Waals surface area contributed by atoms with Gasteiger partial charge in [0, 0.05) is 37.8 Å². The van der Waals surface area contributed by atoms with Gasteiger partial charge in [0.25, 0.3) is 0 Å². The minimum atomic E-state index is -3.59. The van der Waals surface area contributed by atoms with E-state index in [1.807, 2.05) is 0 Å². The SMILES string of the molecule is O=C(Nc1ccc(S(=O)(=O)N2CCCCC2)cc1)C1CC(=O)N(c2ccc(F)c([N+](=O)[O-])c2)C1. The topological polar surface area (TPSA) is 130 Å². The van der Waals surface area contributed by atoms with Gasteiger partial charge in [0.05, 0.1) is 21.4 Å². The van der Waals surface area contributed by atoms with Crippen molar-refractivity contribution in [2.24, 2.45) is 5.92 Å². The molecule has 1 atom stereocenters. The number of amides is 2. The van der Waals surface area contributed by atoms with Gasteiger partial charge in [0.1, 0.15) is 0 Å². The molecule has 2 heterocycles. The molecule has 4 rings (SSSR count). The molecule has 1 N–H and O–H groups in total. The van der Waals surface area contributed by atoms with Gasteiger partial charge in [0.15, 0.2) is 0 Å². The summed E-state index contributed by atoms with van der Waals surface area (Å²) in [7, 11) is -3.59. The highest BCUT2D eigenvalue weighted by molar-refractivity contribution is 7.89. The second-order valence-corrected chi connectivity index (χ2v) is 10.2. The number of anilines is 2. The summed E-state index contributed by atoms with van der Waals surface area (Å²) in [6.07, 6.45) is 2.56. The summed E-state index contributed by atoms with van der Waals surface area (Å²) in [5, 5.41) is 13.7. The molecule has 0 bridgehead atoms. The minimum Gasteiger partial charge on any atom is -0.326 e. The number of hydrogen-bond donors (Lipinski definition) is 1. The lowest BCUT2D eigenvalue weighted by Gasteiger charge is -2.25. The molecule has 12 heteroatoms. The van der Waals surface area contributed by atoms with Crippen molar-refractivity contribution < 1.29 is 27.3 Å². The number of hydrogen-bond acceptors (Lipinski definition) is 6. The fourth-order valence-corrected chi connectivity index (χ4v) is 5.67. The van der Waals surface area contributed by atoms with Crippen LogP contribution in [-0.2, 0) is 19.6 Å². The molecule has 2 aromatic carbocycles. The summed E-state index contributed by atoms with van der Waals surface area (Å²) >= 11 is 0. The molecule has 2 amide bonds. The zero-order chi connectivity index (χ0) is 24.5. The fraction of sp³-hybridized carbons (Fsp3) is 0.364. The van der Waals surface area contributed by atoms with Crippen LogP contribution in [0.25, 0.3) is 0 Å². The highest BCUT2D eigenvalue weighted by Gasteiger charge is 2.36. The molecule has 0 radical (unpaired) electrons. The highest BCUT2D eigenvalue weighted by Crippen LogP contribution is 2.30. The molecule has 2 saturated heterocycles. The second-order valence-electron chi connectivity index (χ2n) is 8.28. The lowest BCUT2D eigenvalue weighted by atomic mass is 10.1. The van der Waals surface area contributed by atoms with E-state index in [2.05, 4.69) is 5.32 Å². The third kappa shape index (κ3) is 4.77. The van der Waals surface area contributed by atoms with Crippen LogP contribution in [0.15, 0.2) is 47.4 Å². The first kappa shape index (κ1) is 23.8. The molecule has 0 spiro atoms. The molecular formula is C22H23FN4O6S. The first-order valence-corrected chi connectivity index (χ1v) is 12.3. The Hall–Kier alpha value is -3.38. The number of nitrogens with one attached hydrogen (secondary N) is 1. The maximum absolute atomic E-state index is 13.6. The highest BCUT2D eigenvalue weighted by atomic mass is 32.2. The summed E-state index contributed by atoms with van der Waals surface area (Å²) in [5.74, 6) is -2.60. The van der Waals surface area contributed by atoms with E-state index >= 15 is 0 Å². The van der Waals surface area contributed by atoms with Gasteiger partial charge < -0.3 is 10.2 Å². The number of rotatable bonds is 6. The van der Waals surface area contributed by atoms with Crippen LogP contribution in [0.5, 0.6) is 0 Å². The van der Waals surface area contributed by atoms with Crippen molar-refractivity contribution in [2.75, 3.05) is 29.9 Å². The normalized spacial score (nSPS) is 19.3. The van der Waals surface area contributed by atoms with Crippen LogP contribution in [-0.4, -0.2) is 49.1 Å². The first-order chi connectivity index (χ1) is 16.2. The van der Waals surface area contributed by atoms with Crippen LogP contribution in [0.2, 0.25) is 0 Å². The molecule has 2 aliphatic heterocycles. The van der Waals surface area contributed by atoms with Gasteiger partial charge in [-0.3, -0.25) is 19.7 Å². The van der Waals surface area contributed by atoms with Crippen LogP contribution in [0.3, 0.4) is 0 Å². The van der Waals surface area contributed by atoms with Crippen molar-refractivity contribution in [1.82, 2.24) is 4.31 Å². The largest absolute Gasteiger partial charge is 0.326 e. The van der Waals surface area contributed by atoms with Crippen LogP contribution < -0.4 is 10.2 Å². The molecule has 0 aromatic heterocycles. The van der Waals surface area contributed by atoms with Crippen molar-refractivity contribution in [3.63, 3.8) is 0 Å². The number of carbonyl (C=O) groups excluding carboxylic acids is 2. The van der Waals surface area contributed by atoms with Gasteiger partial charge in [-0.25, -0.2) is 8.42 Å². The van der Waals surface area contributed by atoms with Crippen LogP contribution in [0.1, 0.15) is 25.7 Å². The number of nitrogens with zero attached hydrogens (tertiary/aromatic N) is 3. The maximum atomic E-state index is 13.6. The quantitative estimate of drug-likeness (QED) is 0.490. The number of halogens is 1. The third-order valence-electron chi connectivity index (χ3n) is 6.01. The molecule has 2 aromatic rings. The smallest absolute Gasteiger partial charge is 0.306 e. The summed E-state index contributed by atoms with van der Waals surface area (Å²) in [6, 6.07) is 8.98. The van der Waals surface area contributed by atoms with Crippen molar-refractivity contribution in [2.45, 2.75) is 30.6 Å². The molecule has 0 saturated carbocycles. The van der Waals surface area contributed by atoms with Gasteiger partial charge in [-0.05, 0) is 49.2 Å². The van der Waals surface area contributed by atoms with E-state index in [0.717, 1.165) is 31.4 Å². The lowest BCUT2D eigenvalue weighted by Crippen LogP contribution is -2.35. The number of nitro benzene ring substituents is 1. The number of carbonyl (C=O) groups is 2. The minimum absolute atomic E-state index is 0.0190. The predicted octanol–water partition coefficient (Wildman–Crippen LogP) is 2.90. The molecular weight excluding hydrogens is 467 g/mol. The average Bonchev–Trinajstić information content (AvgIpc) is 3.22. The van der Waals surface area contributed by atoms with Gasteiger partial charge in [-0.2, -0.15) is 8.70 Å². The average molecular weight is 491 g/mol. The molecule has 34 heavy (non-hydrogen) atoms. The van der Waals surface area contributed by atoms with E-state index in [4.69, 9.17) is 0 Å². The maximum Gasteiger partial charge on any atom is 0.306 e. The Kier molecular flexibility index (Phi) is 6.62. The van der Waals surface area contributed by atoms with Crippen molar-refractivity contribution >= 4 is 38.9 Å². The Morgan fingerprint density at radius 3 is 2.41 bits per heavy atom. The van der Waals surface area contributed by atoms with Gasteiger partial charge in [-0.1, -0.05) is 6.42 Å². The second kappa shape index (κ2) is 9.47. The lowest BCUT2D eigenvalue weighted by molar-refractivity contribution is -0.387. The Balaban J connectivity index is 1.42. The third-order valence-corrected chi connectivity index (χ3v) is 7.92. The predicted molar refractivity (Wildman–Crippen MR) is 121 cm³/mol. The zero-order valence-corrected chi connectivity index (χ0v) is 19.0. The Labute approximate surface area is 195 Å². The number of piperidine rings is 1. The Bertz CT molecular complexity index is 1230. The van der Waals surface area contributed by atoms with Crippen LogP contribution in [0.4, 0.5) is 21.5 Å². The number of sulfonamides is 1. The standard InChI is InChI=1S/C22H23FN4O6S/c23-19-9-6-17(13-20(19)27(30)31)26-14-15(12-21(26)28)22(29)24-16-4-7-18(8-5-16)34(32,33)25-10-2-1-3-11-25/h4-9,13,15H,1-3,10-12,14H2,(H,24,29). The van der Waals surface area contributed by atoms with Gasteiger partial charge in [0.2, 0.25) is 27.7 Å². The van der Waals surface area contributed by atoms with E-state index in [9.17, 15) is 32.5 Å². The van der Waals surface area contributed by atoms with E-state index in [1.165, 1.54) is 39.5 Å². The van der Waals surface area contributed by atoms with E-state index < -0.39 is 44.2 Å². The molecule has 10 nitrogen and oxygen atoms in total. The monoisotopic (exact) mass is 490 g/mol. The summed E-state index contributed by atoms with van der Waals surface area (Å²) in [4.78, 5) is 36.6. The summed E-state index contributed by atoms with van der Waals surface area (Å²) in [5.41, 5.74) is -0.232. The van der Waals surface area contributed by atoms with Crippen molar-refractivity contribution in [3.05, 3.63) is 58.4 Å². The van der Waals surface area contributed by atoms with E-state index in [0.29, 0.717) is 18.8 Å². The molecule has 0 aliphatic carbocycles. The number of nitro groups is 1. The van der Waals surface area contributed by atoms with E-state index in [-0.39, 0.29) is 23.5 Å².